The molecule has 118 valence electrons. The zero-order chi connectivity index (χ0) is 16.4. The first-order chi connectivity index (χ1) is 11.1. The molecule has 1 aromatic heterocycles. The third-order valence-corrected chi connectivity index (χ3v) is 3.83. The second-order valence-electron chi connectivity index (χ2n) is 5.34. The first kappa shape index (κ1) is 15.0. The smallest absolute Gasteiger partial charge is 0.339 e. The van der Waals surface area contributed by atoms with Crippen LogP contribution < -0.4 is 5.32 Å². The number of ether oxygens (including phenoxy) is 1. The summed E-state index contributed by atoms with van der Waals surface area (Å²) in [6.07, 6.45) is 2.17. The molecule has 0 amide bonds. The van der Waals surface area contributed by atoms with E-state index in [0.29, 0.717) is 5.92 Å². The zero-order valence-electron chi connectivity index (χ0n) is 12.4. The van der Waals surface area contributed by atoms with Crippen LogP contribution in [0.2, 0.25) is 0 Å². The summed E-state index contributed by atoms with van der Waals surface area (Å²) in [5.74, 6) is -0.162. The van der Waals surface area contributed by atoms with E-state index in [9.17, 15) is 14.9 Å². The van der Waals surface area contributed by atoms with Crippen molar-refractivity contribution in [1.82, 2.24) is 4.98 Å². The lowest BCUT2D eigenvalue weighted by Gasteiger charge is -2.07. The Morgan fingerprint density at radius 2 is 2.13 bits per heavy atom. The minimum absolute atomic E-state index is 0.0557. The van der Waals surface area contributed by atoms with Crippen molar-refractivity contribution in [2.24, 2.45) is 0 Å². The van der Waals surface area contributed by atoms with Crippen LogP contribution in [0, 0.1) is 10.1 Å². The zero-order valence-corrected chi connectivity index (χ0v) is 12.4. The van der Waals surface area contributed by atoms with Gasteiger partial charge in [0, 0.05) is 24.2 Å². The van der Waals surface area contributed by atoms with Gasteiger partial charge < -0.3 is 10.1 Å². The van der Waals surface area contributed by atoms with Gasteiger partial charge in [0.1, 0.15) is 0 Å². The van der Waals surface area contributed by atoms with Crippen LogP contribution in [0.5, 0.6) is 0 Å². The fourth-order valence-corrected chi connectivity index (χ4v) is 2.53. The van der Waals surface area contributed by atoms with Crippen molar-refractivity contribution in [2.45, 2.75) is 18.4 Å². The topological polar surface area (TPSA) is 94.4 Å². The molecule has 1 aromatic carbocycles. The summed E-state index contributed by atoms with van der Waals surface area (Å²) in [4.78, 5) is 26.1. The van der Waals surface area contributed by atoms with Crippen molar-refractivity contribution in [2.75, 3.05) is 12.4 Å². The highest BCUT2D eigenvalue weighted by molar-refractivity contribution is 5.90. The second kappa shape index (κ2) is 6.04. The summed E-state index contributed by atoms with van der Waals surface area (Å²) in [6.45, 7) is 0. The summed E-state index contributed by atoms with van der Waals surface area (Å²) in [6, 6.07) is 11.2. The first-order valence-electron chi connectivity index (χ1n) is 7.14. The normalized spacial score (nSPS) is 19.0. The summed E-state index contributed by atoms with van der Waals surface area (Å²) < 4.78 is 4.56. The molecule has 0 saturated heterocycles. The molecule has 1 heterocycles. The van der Waals surface area contributed by atoms with Crippen molar-refractivity contribution in [3.05, 3.63) is 63.8 Å². The van der Waals surface area contributed by atoms with Crippen LogP contribution in [-0.2, 0) is 4.74 Å². The highest BCUT2D eigenvalue weighted by Crippen LogP contribution is 2.43. The number of anilines is 1. The number of benzene rings is 1. The summed E-state index contributed by atoms with van der Waals surface area (Å²) >= 11 is 0. The summed E-state index contributed by atoms with van der Waals surface area (Å²) in [5.41, 5.74) is 1.02. The van der Waals surface area contributed by atoms with Gasteiger partial charge in [-0.3, -0.25) is 10.1 Å². The highest BCUT2D eigenvalue weighted by atomic mass is 16.6. The molecule has 2 unspecified atom stereocenters. The third-order valence-electron chi connectivity index (χ3n) is 3.83. The van der Waals surface area contributed by atoms with Crippen LogP contribution in [0.25, 0.3) is 0 Å². The van der Waals surface area contributed by atoms with Crippen molar-refractivity contribution in [1.29, 1.82) is 0 Å². The average molecular weight is 313 g/mol. The fourth-order valence-electron chi connectivity index (χ4n) is 2.53. The maximum atomic E-state index is 11.5. The minimum atomic E-state index is -0.652. The fraction of sp³-hybridized carbons (Fsp3) is 0.250. The second-order valence-corrected chi connectivity index (χ2v) is 5.34. The first-order valence-corrected chi connectivity index (χ1v) is 7.14. The van der Waals surface area contributed by atoms with Gasteiger partial charge in [-0.25, -0.2) is 9.78 Å². The van der Waals surface area contributed by atoms with E-state index in [4.69, 9.17) is 0 Å². The number of pyridine rings is 1. The van der Waals surface area contributed by atoms with Gasteiger partial charge in [-0.2, -0.15) is 0 Å². The molecule has 0 bridgehead atoms. The molecule has 0 spiro atoms. The predicted molar refractivity (Wildman–Crippen MR) is 83.4 cm³/mol. The molecule has 1 fully saturated rings. The van der Waals surface area contributed by atoms with Gasteiger partial charge in [0.25, 0.3) is 0 Å². The Morgan fingerprint density at radius 3 is 2.78 bits per heavy atom. The molecule has 3 rings (SSSR count). The number of rotatable bonds is 5. The molecule has 1 aliphatic carbocycles. The number of methoxy groups -OCH3 is 1. The Balaban J connectivity index is 1.78. The van der Waals surface area contributed by atoms with Crippen molar-refractivity contribution in [3.8, 4) is 0 Å². The Labute approximate surface area is 132 Å². The predicted octanol–water partition coefficient (Wildman–Crippen LogP) is 2.74. The third kappa shape index (κ3) is 3.13. The number of hydrogen-bond acceptors (Lipinski definition) is 6. The van der Waals surface area contributed by atoms with Crippen LogP contribution in [0.15, 0.2) is 42.6 Å². The van der Waals surface area contributed by atoms with Crippen LogP contribution >= 0.6 is 0 Å². The van der Waals surface area contributed by atoms with E-state index in [-0.39, 0.29) is 23.1 Å². The number of nitrogens with zero attached hydrogens (tertiary/aromatic N) is 2. The van der Waals surface area contributed by atoms with E-state index < -0.39 is 10.9 Å². The molecule has 2 aromatic rings. The number of esters is 1. The molecule has 1 aliphatic rings. The lowest BCUT2D eigenvalue weighted by molar-refractivity contribution is -0.384. The number of carbonyl (C=O) groups excluding carboxylic acids is 1. The van der Waals surface area contributed by atoms with Gasteiger partial charge in [0.05, 0.1) is 17.6 Å². The molecular formula is C16H15N3O4. The molecule has 0 radical (unpaired) electrons. The van der Waals surface area contributed by atoms with Crippen LogP contribution in [0.3, 0.4) is 0 Å². The number of hydrogen-bond donors (Lipinski definition) is 1. The Morgan fingerprint density at radius 1 is 1.39 bits per heavy atom. The van der Waals surface area contributed by atoms with Crippen molar-refractivity contribution < 1.29 is 14.5 Å². The van der Waals surface area contributed by atoms with Crippen LogP contribution in [0.4, 0.5) is 11.5 Å². The lowest BCUT2D eigenvalue weighted by Crippen LogP contribution is -2.10. The monoisotopic (exact) mass is 313 g/mol. The quantitative estimate of drug-likeness (QED) is 0.518. The van der Waals surface area contributed by atoms with E-state index in [1.807, 2.05) is 30.3 Å². The number of nitro groups is 1. The van der Waals surface area contributed by atoms with Gasteiger partial charge in [-0.05, 0) is 12.0 Å². The Kier molecular flexibility index (Phi) is 3.92. The van der Waals surface area contributed by atoms with Gasteiger partial charge in [-0.1, -0.05) is 30.3 Å². The Bertz CT molecular complexity index is 748. The van der Waals surface area contributed by atoms with Gasteiger partial charge in [-0.15, -0.1) is 0 Å². The van der Waals surface area contributed by atoms with Gasteiger partial charge >= 0.3 is 11.7 Å². The molecule has 7 nitrogen and oxygen atoms in total. The van der Waals surface area contributed by atoms with Crippen molar-refractivity contribution >= 4 is 17.5 Å². The van der Waals surface area contributed by atoms with E-state index in [1.165, 1.54) is 24.9 Å². The van der Waals surface area contributed by atoms with Crippen molar-refractivity contribution in [3.63, 3.8) is 0 Å². The average Bonchev–Trinajstić information content (AvgIpc) is 3.34. The highest BCUT2D eigenvalue weighted by Gasteiger charge is 2.39. The minimum Gasteiger partial charge on any atom is -0.465 e. The van der Waals surface area contributed by atoms with E-state index >= 15 is 0 Å². The maximum absolute atomic E-state index is 11.5. The standard InChI is InChI=1S/C16H15N3O4/c1-23-16(20)11-7-14(19(21)22)15(17-9-11)18-13-8-12(13)10-5-3-2-4-6-10/h2-7,9,12-13H,8H2,1H3,(H,17,18). The van der Waals surface area contributed by atoms with Crippen LogP contribution in [0.1, 0.15) is 28.3 Å². The van der Waals surface area contributed by atoms with E-state index in [1.54, 1.807) is 0 Å². The Hall–Kier alpha value is -2.96. The molecule has 2 atom stereocenters. The lowest BCUT2D eigenvalue weighted by atomic mass is 10.1. The van der Waals surface area contributed by atoms with Crippen LogP contribution in [-0.4, -0.2) is 29.0 Å². The molecule has 1 saturated carbocycles. The maximum Gasteiger partial charge on any atom is 0.339 e. The SMILES string of the molecule is COC(=O)c1cnc(NC2CC2c2ccccc2)c([N+](=O)[O-])c1. The molecule has 1 N–H and O–H groups in total. The van der Waals surface area contributed by atoms with E-state index in [0.717, 1.165) is 6.42 Å². The van der Waals surface area contributed by atoms with E-state index in [2.05, 4.69) is 15.0 Å². The van der Waals surface area contributed by atoms with Gasteiger partial charge in [0.2, 0.25) is 5.82 Å². The summed E-state index contributed by atoms with van der Waals surface area (Å²) in [7, 11) is 1.22. The number of carbonyl (C=O) groups is 1. The molecule has 7 heteroatoms. The largest absolute Gasteiger partial charge is 0.465 e. The molecule has 23 heavy (non-hydrogen) atoms. The number of nitrogens with one attached hydrogen (secondary N) is 1. The summed E-state index contributed by atoms with van der Waals surface area (Å²) in [5, 5.41) is 14.3. The molecular weight excluding hydrogens is 298 g/mol. The molecule has 0 aliphatic heterocycles. The van der Waals surface area contributed by atoms with Gasteiger partial charge in [0.15, 0.2) is 0 Å². The number of aromatic nitrogens is 1.